The molecule has 0 aliphatic heterocycles. The third-order valence-electron chi connectivity index (χ3n) is 4.42. The summed E-state index contributed by atoms with van der Waals surface area (Å²) in [4.78, 5) is 0. The maximum atomic E-state index is 5.86. The lowest BCUT2D eigenvalue weighted by Crippen LogP contribution is -2.13. The first-order valence-electron chi connectivity index (χ1n) is 8.10. The summed E-state index contributed by atoms with van der Waals surface area (Å²) in [5, 5.41) is 8.82. The number of nitrogens with zero attached hydrogens (tertiary/aromatic N) is 3. The molecule has 2 N–H and O–H groups in total. The highest BCUT2D eigenvalue weighted by molar-refractivity contribution is 5.34. The van der Waals surface area contributed by atoms with Crippen molar-refractivity contribution in [3.05, 3.63) is 42.0 Å². The SMILES string of the molecule is NCc1nnc(C2CCCCCCC2)n1-c1ccccc1. The molecule has 2 aromatic rings. The number of nitrogens with two attached hydrogens (primary N) is 1. The normalized spacial score (nSPS) is 17.4. The molecule has 21 heavy (non-hydrogen) atoms. The molecule has 4 nitrogen and oxygen atoms in total. The lowest BCUT2D eigenvalue weighted by Gasteiger charge is -2.20. The summed E-state index contributed by atoms with van der Waals surface area (Å²) in [5.74, 6) is 2.47. The van der Waals surface area contributed by atoms with Crippen LogP contribution in [0, 0.1) is 0 Å². The highest BCUT2D eigenvalue weighted by Crippen LogP contribution is 2.31. The molecule has 1 heterocycles. The molecule has 0 unspecified atom stereocenters. The Labute approximate surface area is 126 Å². The van der Waals surface area contributed by atoms with Crippen LogP contribution in [0.5, 0.6) is 0 Å². The molecule has 1 aliphatic rings. The zero-order chi connectivity index (χ0) is 14.5. The van der Waals surface area contributed by atoms with Crippen LogP contribution in [0.1, 0.15) is 62.5 Å². The van der Waals surface area contributed by atoms with Crippen LogP contribution in [-0.2, 0) is 6.54 Å². The van der Waals surface area contributed by atoms with E-state index in [1.165, 1.54) is 44.9 Å². The molecule has 0 bridgehead atoms. The van der Waals surface area contributed by atoms with Gasteiger partial charge in [0.25, 0.3) is 0 Å². The molecule has 1 aliphatic carbocycles. The Morgan fingerprint density at radius 3 is 2.29 bits per heavy atom. The number of hydrogen-bond acceptors (Lipinski definition) is 3. The predicted octanol–water partition coefficient (Wildman–Crippen LogP) is 3.55. The molecule has 1 aromatic heterocycles. The van der Waals surface area contributed by atoms with Gasteiger partial charge in [-0.25, -0.2) is 0 Å². The van der Waals surface area contributed by atoms with Crippen molar-refractivity contribution >= 4 is 0 Å². The van der Waals surface area contributed by atoms with E-state index >= 15 is 0 Å². The van der Waals surface area contributed by atoms with Crippen molar-refractivity contribution < 1.29 is 0 Å². The van der Waals surface area contributed by atoms with E-state index in [-0.39, 0.29) is 0 Å². The van der Waals surface area contributed by atoms with Gasteiger partial charge in [0.05, 0.1) is 6.54 Å². The van der Waals surface area contributed by atoms with E-state index in [4.69, 9.17) is 5.73 Å². The van der Waals surface area contributed by atoms with Crippen LogP contribution in [0.2, 0.25) is 0 Å². The van der Waals surface area contributed by atoms with Gasteiger partial charge in [-0.05, 0) is 25.0 Å². The summed E-state index contributed by atoms with van der Waals surface area (Å²) in [6.07, 6.45) is 9.10. The Hall–Kier alpha value is -1.68. The quantitative estimate of drug-likeness (QED) is 0.937. The zero-order valence-electron chi connectivity index (χ0n) is 12.5. The van der Waals surface area contributed by atoms with Crippen molar-refractivity contribution in [2.24, 2.45) is 5.73 Å². The Bertz CT molecular complexity index is 553. The molecule has 1 saturated carbocycles. The van der Waals surface area contributed by atoms with Crippen molar-refractivity contribution in [3.63, 3.8) is 0 Å². The fraction of sp³-hybridized carbons (Fsp3) is 0.529. The van der Waals surface area contributed by atoms with Crippen molar-refractivity contribution in [2.45, 2.75) is 57.4 Å². The van der Waals surface area contributed by atoms with Gasteiger partial charge in [0, 0.05) is 11.6 Å². The number of para-hydroxylation sites is 1. The number of hydrogen-bond donors (Lipinski definition) is 1. The molecule has 0 radical (unpaired) electrons. The Kier molecular flexibility index (Phi) is 4.65. The molecule has 0 saturated heterocycles. The molecule has 1 fully saturated rings. The van der Waals surface area contributed by atoms with Crippen LogP contribution in [0.3, 0.4) is 0 Å². The smallest absolute Gasteiger partial charge is 0.151 e. The van der Waals surface area contributed by atoms with Gasteiger partial charge in [-0.15, -0.1) is 10.2 Å². The molecule has 0 atom stereocenters. The van der Waals surface area contributed by atoms with Gasteiger partial charge in [0.2, 0.25) is 0 Å². The number of rotatable bonds is 3. The second-order valence-electron chi connectivity index (χ2n) is 5.89. The van der Waals surface area contributed by atoms with Gasteiger partial charge < -0.3 is 5.73 Å². The van der Waals surface area contributed by atoms with E-state index in [9.17, 15) is 0 Å². The van der Waals surface area contributed by atoms with E-state index in [2.05, 4.69) is 39.0 Å². The monoisotopic (exact) mass is 284 g/mol. The van der Waals surface area contributed by atoms with E-state index < -0.39 is 0 Å². The van der Waals surface area contributed by atoms with Gasteiger partial charge in [-0.1, -0.05) is 50.3 Å². The summed E-state index contributed by atoms with van der Waals surface area (Å²) in [6, 6.07) is 10.4. The van der Waals surface area contributed by atoms with Crippen LogP contribution >= 0.6 is 0 Å². The second-order valence-corrected chi connectivity index (χ2v) is 5.89. The largest absolute Gasteiger partial charge is 0.324 e. The summed E-state index contributed by atoms with van der Waals surface area (Å²) in [6.45, 7) is 0.425. The van der Waals surface area contributed by atoms with Crippen LogP contribution < -0.4 is 5.73 Å². The minimum atomic E-state index is 0.425. The molecular formula is C17H24N4. The van der Waals surface area contributed by atoms with Gasteiger partial charge in [-0.3, -0.25) is 4.57 Å². The van der Waals surface area contributed by atoms with Crippen LogP contribution in [0.4, 0.5) is 0 Å². The first-order valence-corrected chi connectivity index (χ1v) is 8.10. The predicted molar refractivity (Wildman–Crippen MR) is 84.3 cm³/mol. The van der Waals surface area contributed by atoms with Gasteiger partial charge >= 0.3 is 0 Å². The van der Waals surface area contributed by atoms with Crippen LogP contribution in [-0.4, -0.2) is 14.8 Å². The van der Waals surface area contributed by atoms with Crippen molar-refractivity contribution in [3.8, 4) is 5.69 Å². The maximum Gasteiger partial charge on any atom is 0.151 e. The topological polar surface area (TPSA) is 56.7 Å². The second kappa shape index (κ2) is 6.85. The molecule has 0 amide bonds. The van der Waals surface area contributed by atoms with Crippen LogP contribution in [0.25, 0.3) is 5.69 Å². The summed E-state index contributed by atoms with van der Waals surface area (Å²) in [7, 11) is 0. The van der Waals surface area contributed by atoms with Crippen molar-refractivity contribution in [1.29, 1.82) is 0 Å². The summed E-state index contributed by atoms with van der Waals surface area (Å²) in [5.41, 5.74) is 6.99. The van der Waals surface area contributed by atoms with Gasteiger partial charge in [0.1, 0.15) is 5.82 Å². The first kappa shape index (κ1) is 14.3. The Morgan fingerprint density at radius 2 is 1.62 bits per heavy atom. The maximum absolute atomic E-state index is 5.86. The van der Waals surface area contributed by atoms with Crippen LogP contribution in [0.15, 0.2) is 30.3 Å². The molecule has 1 aromatic carbocycles. The lowest BCUT2D eigenvalue weighted by atomic mass is 9.90. The fourth-order valence-electron chi connectivity index (χ4n) is 3.30. The minimum Gasteiger partial charge on any atom is -0.324 e. The van der Waals surface area contributed by atoms with Gasteiger partial charge in [0.15, 0.2) is 5.82 Å². The molecule has 4 heteroatoms. The first-order chi connectivity index (χ1) is 10.4. The standard InChI is InChI=1S/C17H24N4/c18-13-16-19-20-17(14-9-5-2-1-3-6-10-14)21(16)15-11-7-4-8-12-15/h4,7-8,11-12,14H,1-3,5-6,9-10,13,18H2. The van der Waals surface area contributed by atoms with Gasteiger partial charge in [-0.2, -0.15) is 0 Å². The molecule has 112 valence electrons. The molecule has 0 spiro atoms. The van der Waals surface area contributed by atoms with E-state index in [0.29, 0.717) is 12.5 Å². The average Bonchev–Trinajstić information content (AvgIpc) is 2.91. The highest BCUT2D eigenvalue weighted by Gasteiger charge is 2.22. The Balaban J connectivity index is 1.96. The third-order valence-corrected chi connectivity index (χ3v) is 4.42. The lowest BCUT2D eigenvalue weighted by molar-refractivity contribution is 0.438. The molecular weight excluding hydrogens is 260 g/mol. The van der Waals surface area contributed by atoms with Crippen molar-refractivity contribution in [1.82, 2.24) is 14.8 Å². The summed E-state index contributed by atoms with van der Waals surface area (Å²) < 4.78 is 2.17. The zero-order valence-corrected chi connectivity index (χ0v) is 12.5. The number of aromatic nitrogens is 3. The minimum absolute atomic E-state index is 0.425. The number of benzene rings is 1. The van der Waals surface area contributed by atoms with E-state index in [1.807, 2.05) is 6.07 Å². The third kappa shape index (κ3) is 3.16. The molecule has 3 rings (SSSR count). The van der Waals surface area contributed by atoms with E-state index in [1.54, 1.807) is 0 Å². The Morgan fingerprint density at radius 1 is 0.952 bits per heavy atom. The van der Waals surface area contributed by atoms with Crippen molar-refractivity contribution in [2.75, 3.05) is 0 Å². The average molecular weight is 284 g/mol. The fourth-order valence-corrected chi connectivity index (χ4v) is 3.30. The summed E-state index contributed by atoms with van der Waals surface area (Å²) >= 11 is 0. The highest BCUT2D eigenvalue weighted by atomic mass is 15.3. The van der Waals surface area contributed by atoms with E-state index in [0.717, 1.165) is 17.3 Å².